The standard InChI is InChI=1S/C19H15N3OS/c23-18-16-15(14-9-5-2-6-10-14)11-20-17(16)21-19(22-18)24-12-13-7-3-1-4-8-13/h1-11H,12H2,(H2,20,21,22,23). The molecule has 0 atom stereocenters. The van der Waals surface area contributed by atoms with Crippen LogP contribution in [0.2, 0.25) is 0 Å². The average Bonchev–Trinajstić information content (AvgIpc) is 3.06. The quantitative estimate of drug-likeness (QED) is 0.434. The predicted octanol–water partition coefficient (Wildman–Crippen LogP) is 4.21. The Morgan fingerprint density at radius 2 is 1.67 bits per heavy atom. The number of nitrogens with one attached hydrogen (secondary N) is 2. The number of aromatic nitrogens is 3. The van der Waals surface area contributed by atoms with Gasteiger partial charge in [-0.05, 0) is 11.1 Å². The minimum absolute atomic E-state index is 0.115. The molecule has 2 aromatic carbocycles. The maximum atomic E-state index is 12.5. The Labute approximate surface area is 143 Å². The Morgan fingerprint density at radius 1 is 0.958 bits per heavy atom. The maximum absolute atomic E-state index is 12.5. The van der Waals surface area contributed by atoms with Gasteiger partial charge in [-0.2, -0.15) is 0 Å². The van der Waals surface area contributed by atoms with Crippen molar-refractivity contribution in [2.75, 3.05) is 0 Å². The van der Waals surface area contributed by atoms with E-state index in [0.29, 0.717) is 16.2 Å². The van der Waals surface area contributed by atoms with Crippen molar-refractivity contribution in [1.82, 2.24) is 15.0 Å². The lowest BCUT2D eigenvalue weighted by atomic mass is 10.1. The molecule has 0 spiro atoms. The van der Waals surface area contributed by atoms with Crippen molar-refractivity contribution < 1.29 is 0 Å². The van der Waals surface area contributed by atoms with Gasteiger partial charge in [-0.25, -0.2) is 4.98 Å². The predicted molar refractivity (Wildman–Crippen MR) is 98.2 cm³/mol. The summed E-state index contributed by atoms with van der Waals surface area (Å²) in [5.41, 5.74) is 3.57. The van der Waals surface area contributed by atoms with Gasteiger partial charge in [-0.1, -0.05) is 72.4 Å². The second-order valence-electron chi connectivity index (χ2n) is 5.44. The maximum Gasteiger partial charge on any atom is 0.261 e. The number of rotatable bonds is 4. The SMILES string of the molecule is O=c1[nH]c(SCc2ccccc2)nc2[nH]cc(-c3ccccc3)c12. The summed E-state index contributed by atoms with van der Waals surface area (Å²) >= 11 is 1.52. The van der Waals surface area contributed by atoms with Crippen molar-refractivity contribution in [2.24, 2.45) is 0 Å². The number of H-pyrrole nitrogens is 2. The molecule has 0 aliphatic carbocycles. The van der Waals surface area contributed by atoms with Crippen LogP contribution in [0, 0.1) is 0 Å². The highest BCUT2D eigenvalue weighted by molar-refractivity contribution is 7.98. The van der Waals surface area contributed by atoms with Gasteiger partial charge in [0.15, 0.2) is 5.16 Å². The van der Waals surface area contributed by atoms with E-state index in [1.807, 2.05) is 54.7 Å². The fourth-order valence-corrected chi connectivity index (χ4v) is 3.48. The second-order valence-corrected chi connectivity index (χ2v) is 6.40. The molecule has 24 heavy (non-hydrogen) atoms. The molecule has 0 aliphatic rings. The van der Waals surface area contributed by atoms with Crippen LogP contribution in [0.25, 0.3) is 22.2 Å². The summed E-state index contributed by atoms with van der Waals surface area (Å²) < 4.78 is 0. The molecule has 118 valence electrons. The summed E-state index contributed by atoms with van der Waals surface area (Å²) in [7, 11) is 0. The molecule has 2 N–H and O–H groups in total. The summed E-state index contributed by atoms with van der Waals surface area (Å²) in [6.07, 6.45) is 1.84. The lowest BCUT2D eigenvalue weighted by Gasteiger charge is -2.02. The zero-order valence-corrected chi connectivity index (χ0v) is 13.6. The van der Waals surface area contributed by atoms with Crippen molar-refractivity contribution in [3.05, 3.63) is 82.8 Å². The summed E-state index contributed by atoms with van der Waals surface area (Å²) in [5.74, 6) is 0.765. The minimum atomic E-state index is -0.115. The van der Waals surface area contributed by atoms with E-state index in [1.54, 1.807) is 0 Å². The zero-order valence-electron chi connectivity index (χ0n) is 12.8. The topological polar surface area (TPSA) is 61.5 Å². The number of hydrogen-bond acceptors (Lipinski definition) is 3. The molecule has 0 fully saturated rings. The third-order valence-electron chi connectivity index (χ3n) is 3.82. The molecule has 0 saturated heterocycles. The van der Waals surface area contributed by atoms with Crippen molar-refractivity contribution in [3.63, 3.8) is 0 Å². The molecule has 2 heterocycles. The average molecular weight is 333 g/mol. The van der Waals surface area contributed by atoms with Crippen molar-refractivity contribution >= 4 is 22.8 Å². The third kappa shape index (κ3) is 2.86. The first kappa shape index (κ1) is 14.8. The van der Waals surface area contributed by atoms with Gasteiger partial charge in [0.05, 0.1) is 5.39 Å². The molecule has 0 aliphatic heterocycles. The second kappa shape index (κ2) is 6.37. The van der Waals surface area contributed by atoms with Crippen molar-refractivity contribution in [3.8, 4) is 11.1 Å². The van der Waals surface area contributed by atoms with Crippen LogP contribution in [0.5, 0.6) is 0 Å². The van der Waals surface area contributed by atoms with E-state index in [0.717, 1.165) is 16.9 Å². The molecule has 0 bridgehead atoms. The van der Waals surface area contributed by atoms with E-state index in [4.69, 9.17) is 0 Å². The fourth-order valence-electron chi connectivity index (χ4n) is 2.66. The molecular formula is C19H15N3OS. The van der Waals surface area contributed by atoms with Crippen LogP contribution in [0.4, 0.5) is 0 Å². The molecule has 2 aromatic heterocycles. The van der Waals surface area contributed by atoms with E-state index in [2.05, 4.69) is 27.1 Å². The smallest absolute Gasteiger partial charge is 0.261 e. The molecule has 0 unspecified atom stereocenters. The molecule has 4 rings (SSSR count). The van der Waals surface area contributed by atoms with Crippen LogP contribution < -0.4 is 5.56 Å². The van der Waals surface area contributed by atoms with E-state index in [1.165, 1.54) is 17.3 Å². The normalized spacial score (nSPS) is 11.0. The lowest BCUT2D eigenvalue weighted by molar-refractivity contribution is 0.967. The Morgan fingerprint density at radius 3 is 2.42 bits per heavy atom. The van der Waals surface area contributed by atoms with Gasteiger partial charge in [-0.15, -0.1) is 0 Å². The molecule has 4 aromatic rings. The number of benzene rings is 2. The van der Waals surface area contributed by atoms with Gasteiger partial charge in [0.2, 0.25) is 0 Å². The molecular weight excluding hydrogens is 318 g/mol. The highest BCUT2D eigenvalue weighted by Crippen LogP contribution is 2.26. The van der Waals surface area contributed by atoms with E-state index < -0.39 is 0 Å². The van der Waals surface area contributed by atoms with Gasteiger partial charge in [-0.3, -0.25) is 4.79 Å². The van der Waals surface area contributed by atoms with Crippen LogP contribution in [0.1, 0.15) is 5.56 Å². The highest BCUT2D eigenvalue weighted by Gasteiger charge is 2.12. The van der Waals surface area contributed by atoms with Crippen LogP contribution >= 0.6 is 11.8 Å². The lowest BCUT2D eigenvalue weighted by Crippen LogP contribution is -2.09. The first-order chi connectivity index (χ1) is 11.8. The Kier molecular flexibility index (Phi) is 3.92. The van der Waals surface area contributed by atoms with Gasteiger partial charge < -0.3 is 9.97 Å². The highest BCUT2D eigenvalue weighted by atomic mass is 32.2. The summed E-state index contributed by atoms with van der Waals surface area (Å²) in [6.45, 7) is 0. The van der Waals surface area contributed by atoms with Crippen molar-refractivity contribution in [1.29, 1.82) is 0 Å². The molecule has 5 heteroatoms. The van der Waals surface area contributed by atoms with Crippen LogP contribution in [0.3, 0.4) is 0 Å². The summed E-state index contributed by atoms with van der Waals surface area (Å²) in [4.78, 5) is 23.1. The number of fused-ring (bicyclic) bond motifs is 1. The fraction of sp³-hybridized carbons (Fsp3) is 0.0526. The monoisotopic (exact) mass is 333 g/mol. The number of aromatic amines is 2. The molecule has 0 amide bonds. The third-order valence-corrected chi connectivity index (χ3v) is 4.77. The van der Waals surface area contributed by atoms with E-state index in [9.17, 15) is 4.79 Å². The number of hydrogen-bond donors (Lipinski definition) is 2. The van der Waals surface area contributed by atoms with Crippen LogP contribution in [-0.2, 0) is 5.75 Å². The molecule has 0 radical (unpaired) electrons. The first-order valence-electron chi connectivity index (χ1n) is 7.65. The van der Waals surface area contributed by atoms with Gasteiger partial charge >= 0.3 is 0 Å². The molecule has 0 saturated carbocycles. The van der Waals surface area contributed by atoms with Crippen LogP contribution in [-0.4, -0.2) is 15.0 Å². The summed E-state index contributed by atoms with van der Waals surface area (Å²) in [5, 5.41) is 1.23. The van der Waals surface area contributed by atoms with E-state index in [-0.39, 0.29) is 5.56 Å². The minimum Gasteiger partial charge on any atom is -0.345 e. The first-order valence-corrected chi connectivity index (χ1v) is 8.63. The van der Waals surface area contributed by atoms with Crippen LogP contribution in [0.15, 0.2) is 76.8 Å². The van der Waals surface area contributed by atoms with E-state index >= 15 is 0 Å². The Bertz CT molecular complexity index is 1020. The Balaban J connectivity index is 1.68. The Hall–Kier alpha value is -2.79. The number of thioether (sulfide) groups is 1. The largest absolute Gasteiger partial charge is 0.345 e. The van der Waals surface area contributed by atoms with Crippen molar-refractivity contribution in [2.45, 2.75) is 10.9 Å². The van der Waals surface area contributed by atoms with Gasteiger partial charge in [0.1, 0.15) is 5.65 Å². The summed E-state index contributed by atoms with van der Waals surface area (Å²) in [6, 6.07) is 20.0. The zero-order chi connectivity index (χ0) is 16.4. The molecule has 4 nitrogen and oxygen atoms in total. The number of nitrogens with zero attached hydrogens (tertiary/aromatic N) is 1. The van der Waals surface area contributed by atoms with Gasteiger partial charge in [0, 0.05) is 17.5 Å². The van der Waals surface area contributed by atoms with Gasteiger partial charge in [0.25, 0.3) is 5.56 Å².